The van der Waals surface area contributed by atoms with Crippen LogP contribution in [0, 0.1) is 0 Å². The summed E-state index contributed by atoms with van der Waals surface area (Å²) in [6.07, 6.45) is -5.94. The van der Waals surface area contributed by atoms with Gasteiger partial charge in [-0.15, -0.1) is 0 Å². The number of carbonyl (C=O) groups is 2. The summed E-state index contributed by atoms with van der Waals surface area (Å²) in [5.74, 6) is 0. The van der Waals surface area contributed by atoms with Gasteiger partial charge in [-0.05, 0) is 0 Å². The summed E-state index contributed by atoms with van der Waals surface area (Å²) in [4.78, 5) is 37.0. The number of hydrogen-bond acceptors (Lipinski definition) is 5. The molecule has 0 aromatic heterocycles. The van der Waals surface area contributed by atoms with E-state index in [2.05, 4.69) is 9.47 Å². The van der Waals surface area contributed by atoms with E-state index in [9.17, 15) is 14.2 Å². The molecule has 0 bridgehead atoms. The Morgan fingerprint density at radius 3 is 2.07 bits per heavy atom. The first-order chi connectivity index (χ1) is 6.70. The van der Waals surface area contributed by atoms with E-state index < -0.39 is 38.8 Å². The highest BCUT2D eigenvalue weighted by atomic mass is 31.2. The van der Waals surface area contributed by atoms with Crippen LogP contribution in [0.25, 0.3) is 0 Å². The molecular weight excluding hydrogens is 235 g/mol. The van der Waals surface area contributed by atoms with Gasteiger partial charge in [-0.2, -0.15) is 0 Å². The zero-order valence-electron chi connectivity index (χ0n) is 7.27. The van der Waals surface area contributed by atoms with Crippen LogP contribution in [-0.2, 0) is 14.0 Å². The Hall–Kier alpha value is -1.31. The molecular formula is C5H9O9P. The third-order valence-corrected chi connectivity index (χ3v) is 1.98. The van der Waals surface area contributed by atoms with Crippen LogP contribution in [-0.4, -0.2) is 51.2 Å². The van der Waals surface area contributed by atoms with Crippen LogP contribution < -0.4 is 0 Å². The summed E-state index contributed by atoms with van der Waals surface area (Å²) in [7, 11) is -4.50. The Labute approximate surface area is 83.4 Å². The first-order valence-electron chi connectivity index (χ1n) is 3.50. The minimum Gasteiger partial charge on any atom is -0.450 e. The largest absolute Gasteiger partial charge is 0.506 e. The summed E-state index contributed by atoms with van der Waals surface area (Å²) < 4.78 is 18.4. The molecule has 10 heteroatoms. The molecule has 0 radical (unpaired) electrons. The first-order valence-corrected chi connectivity index (χ1v) is 5.30. The van der Waals surface area contributed by atoms with Gasteiger partial charge in [-0.25, -0.2) is 9.59 Å². The van der Waals surface area contributed by atoms with Gasteiger partial charge in [0.15, 0.2) is 6.10 Å². The predicted molar refractivity (Wildman–Crippen MR) is 43.8 cm³/mol. The minimum absolute atomic E-state index is 0.771. The average Bonchev–Trinajstić information content (AvgIpc) is 1.95. The molecule has 4 N–H and O–H groups in total. The van der Waals surface area contributed by atoms with Crippen LogP contribution in [0.2, 0.25) is 0 Å². The summed E-state index contributed by atoms with van der Waals surface area (Å²) in [5.41, 5.74) is 0. The molecule has 0 aromatic rings. The van der Waals surface area contributed by atoms with Crippen molar-refractivity contribution in [3.8, 4) is 0 Å². The molecule has 0 heterocycles. The molecule has 1 unspecified atom stereocenters. The molecule has 0 spiro atoms. The van der Waals surface area contributed by atoms with Crippen molar-refractivity contribution in [2.45, 2.75) is 6.10 Å². The third-order valence-electron chi connectivity index (χ3n) is 1.10. The highest BCUT2D eigenvalue weighted by Gasteiger charge is 2.26. The maximum absolute atomic E-state index is 10.5. The average molecular weight is 244 g/mol. The van der Waals surface area contributed by atoms with E-state index in [0.717, 1.165) is 0 Å². The predicted octanol–water partition coefficient (Wildman–Crippen LogP) is -0.0781. The molecule has 0 amide bonds. The van der Waals surface area contributed by atoms with Gasteiger partial charge >= 0.3 is 19.9 Å². The molecule has 1 atom stereocenters. The molecule has 0 aliphatic carbocycles. The molecule has 9 nitrogen and oxygen atoms in total. The number of hydrogen-bond donors (Lipinski definition) is 4. The van der Waals surface area contributed by atoms with E-state index in [-0.39, 0.29) is 0 Å². The Morgan fingerprint density at radius 1 is 1.20 bits per heavy atom. The molecule has 0 aliphatic heterocycles. The first kappa shape index (κ1) is 13.7. The van der Waals surface area contributed by atoms with Crippen LogP contribution in [0.4, 0.5) is 9.59 Å². The standard InChI is InChI=1S/C5H9O9P/c6-4(7)13-1-3(14-5(8)9)2-15(10,11)12/h3H,1-2H2,(H,6,7)(H,8,9)(H2,10,11,12). The fourth-order valence-corrected chi connectivity index (χ4v) is 1.41. The van der Waals surface area contributed by atoms with Crippen molar-refractivity contribution in [3.05, 3.63) is 0 Å². The summed E-state index contributed by atoms with van der Waals surface area (Å²) in [5, 5.41) is 16.2. The lowest BCUT2D eigenvalue weighted by Crippen LogP contribution is -2.27. The zero-order valence-corrected chi connectivity index (χ0v) is 8.16. The van der Waals surface area contributed by atoms with Crippen LogP contribution in [0.5, 0.6) is 0 Å². The number of rotatable bonds is 5. The molecule has 0 aliphatic rings. The maximum atomic E-state index is 10.5. The molecule has 0 saturated carbocycles. The highest BCUT2D eigenvalue weighted by molar-refractivity contribution is 7.51. The Bertz CT molecular complexity index is 280. The summed E-state index contributed by atoms with van der Waals surface area (Å²) in [6, 6.07) is 0. The normalized spacial score (nSPS) is 12.9. The van der Waals surface area contributed by atoms with Crippen molar-refractivity contribution in [2.24, 2.45) is 0 Å². The van der Waals surface area contributed by atoms with E-state index in [0.29, 0.717) is 0 Å². The van der Waals surface area contributed by atoms with Gasteiger partial charge in [0.1, 0.15) is 6.61 Å². The van der Waals surface area contributed by atoms with Crippen molar-refractivity contribution < 1.29 is 43.6 Å². The minimum atomic E-state index is -4.50. The Morgan fingerprint density at radius 2 is 1.73 bits per heavy atom. The lowest BCUT2D eigenvalue weighted by Gasteiger charge is -2.15. The van der Waals surface area contributed by atoms with Crippen LogP contribution in [0.3, 0.4) is 0 Å². The van der Waals surface area contributed by atoms with Crippen LogP contribution in [0.1, 0.15) is 0 Å². The fraction of sp³-hybridized carbons (Fsp3) is 0.600. The number of carboxylic acid groups (broad SMARTS) is 2. The summed E-state index contributed by atoms with van der Waals surface area (Å²) in [6.45, 7) is -0.771. The monoisotopic (exact) mass is 244 g/mol. The van der Waals surface area contributed by atoms with E-state index in [1.54, 1.807) is 0 Å². The lowest BCUT2D eigenvalue weighted by molar-refractivity contribution is 0.0120. The molecule has 0 saturated heterocycles. The summed E-state index contributed by atoms with van der Waals surface area (Å²) >= 11 is 0. The van der Waals surface area contributed by atoms with Gasteiger partial charge in [0, 0.05) is 0 Å². The van der Waals surface area contributed by atoms with Gasteiger partial charge in [-0.3, -0.25) is 4.57 Å². The van der Waals surface area contributed by atoms with Gasteiger partial charge < -0.3 is 29.5 Å². The van der Waals surface area contributed by atoms with Crippen molar-refractivity contribution in [3.63, 3.8) is 0 Å². The molecule has 0 fully saturated rings. The second-order valence-electron chi connectivity index (χ2n) is 2.43. The van der Waals surface area contributed by atoms with E-state index >= 15 is 0 Å². The van der Waals surface area contributed by atoms with Crippen molar-refractivity contribution >= 4 is 19.9 Å². The SMILES string of the molecule is O=C(O)OCC(CP(=O)(O)O)OC(=O)O. The Kier molecular flexibility index (Phi) is 5.06. The van der Waals surface area contributed by atoms with Gasteiger partial charge in [0.2, 0.25) is 0 Å². The van der Waals surface area contributed by atoms with Crippen molar-refractivity contribution in [2.75, 3.05) is 12.8 Å². The van der Waals surface area contributed by atoms with Gasteiger partial charge in [0.05, 0.1) is 6.16 Å². The highest BCUT2D eigenvalue weighted by Crippen LogP contribution is 2.35. The second kappa shape index (κ2) is 5.54. The van der Waals surface area contributed by atoms with Crippen LogP contribution in [0.15, 0.2) is 0 Å². The zero-order chi connectivity index (χ0) is 12.1. The fourth-order valence-electron chi connectivity index (χ4n) is 0.696. The third kappa shape index (κ3) is 9.01. The van der Waals surface area contributed by atoms with Gasteiger partial charge in [0.25, 0.3) is 0 Å². The second-order valence-corrected chi connectivity index (χ2v) is 4.12. The quantitative estimate of drug-likeness (QED) is 0.384. The smallest absolute Gasteiger partial charge is 0.450 e. The lowest BCUT2D eigenvalue weighted by atomic mass is 10.4. The van der Waals surface area contributed by atoms with Crippen molar-refractivity contribution in [1.29, 1.82) is 0 Å². The maximum Gasteiger partial charge on any atom is 0.506 e. The number of ether oxygens (including phenoxy) is 2. The van der Waals surface area contributed by atoms with E-state index in [4.69, 9.17) is 20.0 Å². The van der Waals surface area contributed by atoms with Crippen LogP contribution >= 0.6 is 7.60 Å². The molecule has 15 heavy (non-hydrogen) atoms. The molecule has 0 rings (SSSR count). The Balaban J connectivity index is 4.24. The van der Waals surface area contributed by atoms with E-state index in [1.807, 2.05) is 0 Å². The van der Waals surface area contributed by atoms with E-state index in [1.165, 1.54) is 0 Å². The molecule has 0 aromatic carbocycles. The molecule has 88 valence electrons. The van der Waals surface area contributed by atoms with Crippen molar-refractivity contribution in [1.82, 2.24) is 0 Å². The topological polar surface area (TPSA) is 151 Å². The van der Waals surface area contributed by atoms with Gasteiger partial charge in [-0.1, -0.05) is 0 Å².